The number of rotatable bonds is 5. The van der Waals surface area contributed by atoms with Crippen LogP contribution < -0.4 is 10.5 Å². The summed E-state index contributed by atoms with van der Waals surface area (Å²) in [6.07, 6.45) is 0.218. The van der Waals surface area contributed by atoms with Crippen LogP contribution in [0.15, 0.2) is 18.2 Å². The zero-order valence-corrected chi connectivity index (χ0v) is 11.7. The molecule has 0 spiro atoms. The third kappa shape index (κ3) is 3.74. The Morgan fingerprint density at radius 3 is 2.24 bits per heavy atom. The summed E-state index contributed by atoms with van der Waals surface area (Å²) >= 11 is 0. The van der Waals surface area contributed by atoms with Crippen LogP contribution in [0, 0.1) is 12.8 Å². The normalized spacial score (nSPS) is 13.2. The first kappa shape index (κ1) is 14.0. The molecule has 0 saturated heterocycles. The zero-order chi connectivity index (χ0) is 13.0. The van der Waals surface area contributed by atoms with Crippen molar-refractivity contribution in [3.63, 3.8) is 0 Å². The first-order chi connectivity index (χ1) is 7.95. The van der Waals surface area contributed by atoms with Crippen LogP contribution >= 0.6 is 0 Å². The lowest BCUT2D eigenvalue weighted by Crippen LogP contribution is -2.18. The second kappa shape index (κ2) is 6.06. The molecule has 0 fully saturated rings. The molecule has 96 valence electrons. The van der Waals surface area contributed by atoms with Crippen molar-refractivity contribution in [2.24, 2.45) is 11.7 Å². The van der Waals surface area contributed by atoms with Crippen molar-refractivity contribution in [1.29, 1.82) is 0 Å². The molecule has 1 aromatic carbocycles. The summed E-state index contributed by atoms with van der Waals surface area (Å²) in [5.41, 5.74) is 8.35. The van der Waals surface area contributed by atoms with Gasteiger partial charge in [0.15, 0.2) is 0 Å². The fourth-order valence-corrected chi connectivity index (χ4v) is 2.08. The van der Waals surface area contributed by atoms with Crippen LogP contribution in [-0.2, 0) is 0 Å². The summed E-state index contributed by atoms with van der Waals surface area (Å²) in [5, 5.41) is 0. The highest BCUT2D eigenvalue weighted by Crippen LogP contribution is 2.28. The molecule has 1 atom stereocenters. The Kier molecular flexibility index (Phi) is 5.01. The molecule has 0 saturated carbocycles. The van der Waals surface area contributed by atoms with Gasteiger partial charge in [0.1, 0.15) is 5.75 Å². The second-order valence-corrected chi connectivity index (χ2v) is 5.28. The number of hydrogen-bond acceptors (Lipinski definition) is 2. The van der Waals surface area contributed by atoms with E-state index < -0.39 is 0 Å². The van der Waals surface area contributed by atoms with Gasteiger partial charge >= 0.3 is 0 Å². The van der Waals surface area contributed by atoms with Crippen molar-refractivity contribution in [3.8, 4) is 5.75 Å². The summed E-state index contributed by atoms with van der Waals surface area (Å²) in [4.78, 5) is 0. The highest BCUT2D eigenvalue weighted by molar-refractivity contribution is 5.38. The van der Waals surface area contributed by atoms with Crippen molar-refractivity contribution in [3.05, 3.63) is 29.3 Å². The molecule has 1 rings (SSSR count). The number of ether oxygens (including phenoxy) is 1. The average molecular weight is 235 g/mol. The molecule has 1 unspecified atom stereocenters. The minimum absolute atomic E-state index is 0.218. The molecular formula is C15H25NO. The van der Waals surface area contributed by atoms with E-state index >= 15 is 0 Å². The quantitative estimate of drug-likeness (QED) is 0.848. The number of hydrogen-bond donors (Lipinski definition) is 1. The molecule has 0 radical (unpaired) electrons. The molecule has 2 N–H and O–H groups in total. The summed E-state index contributed by atoms with van der Waals surface area (Å²) in [6.45, 7) is 11.3. The molecule has 0 aliphatic carbocycles. The van der Waals surface area contributed by atoms with Gasteiger partial charge in [-0.3, -0.25) is 0 Å². The first-order valence-corrected chi connectivity index (χ1v) is 6.43. The molecule has 0 aliphatic heterocycles. The largest absolute Gasteiger partial charge is 0.491 e. The van der Waals surface area contributed by atoms with E-state index in [0.29, 0.717) is 18.4 Å². The maximum atomic E-state index is 5.84. The predicted octanol–water partition coefficient (Wildman–Crippen LogP) is 3.48. The average Bonchev–Trinajstić information content (AvgIpc) is 2.22. The predicted molar refractivity (Wildman–Crippen MR) is 73.6 cm³/mol. The minimum atomic E-state index is 0.218. The second-order valence-electron chi connectivity index (χ2n) is 5.28. The van der Waals surface area contributed by atoms with Gasteiger partial charge in [-0.05, 0) is 56.3 Å². The van der Waals surface area contributed by atoms with E-state index in [0.717, 1.165) is 5.75 Å². The number of aryl methyl sites for hydroxylation is 1. The van der Waals surface area contributed by atoms with Crippen molar-refractivity contribution >= 4 is 0 Å². The van der Waals surface area contributed by atoms with Crippen molar-refractivity contribution in [1.82, 2.24) is 0 Å². The molecule has 0 bridgehead atoms. The SMILES string of the molecule is Cc1cc(C(CN)C(C)C)ccc1OC(C)C. The first-order valence-electron chi connectivity index (χ1n) is 6.43. The Labute approximate surface area is 105 Å². The van der Waals surface area contributed by atoms with Gasteiger partial charge in [-0.1, -0.05) is 26.0 Å². The Bertz CT molecular complexity index is 358. The van der Waals surface area contributed by atoms with Crippen LogP contribution in [0.4, 0.5) is 0 Å². The van der Waals surface area contributed by atoms with Gasteiger partial charge in [0.05, 0.1) is 6.10 Å². The summed E-state index contributed by atoms with van der Waals surface area (Å²) < 4.78 is 5.74. The zero-order valence-electron chi connectivity index (χ0n) is 11.7. The Hall–Kier alpha value is -1.02. The summed E-state index contributed by atoms with van der Waals surface area (Å²) in [7, 11) is 0. The lowest BCUT2D eigenvalue weighted by atomic mass is 9.88. The number of nitrogens with two attached hydrogens (primary N) is 1. The van der Waals surface area contributed by atoms with Gasteiger partial charge < -0.3 is 10.5 Å². The summed E-state index contributed by atoms with van der Waals surface area (Å²) in [5.74, 6) is 1.97. The van der Waals surface area contributed by atoms with Crippen molar-refractivity contribution in [2.45, 2.75) is 46.6 Å². The highest BCUT2D eigenvalue weighted by atomic mass is 16.5. The maximum Gasteiger partial charge on any atom is 0.122 e. The van der Waals surface area contributed by atoms with Crippen molar-refractivity contribution in [2.75, 3.05) is 6.54 Å². The van der Waals surface area contributed by atoms with E-state index in [9.17, 15) is 0 Å². The van der Waals surface area contributed by atoms with Gasteiger partial charge in [0.25, 0.3) is 0 Å². The highest BCUT2D eigenvalue weighted by Gasteiger charge is 2.15. The lowest BCUT2D eigenvalue weighted by molar-refractivity contribution is 0.240. The fourth-order valence-electron chi connectivity index (χ4n) is 2.08. The molecular weight excluding hydrogens is 210 g/mol. The van der Waals surface area contributed by atoms with Crippen LogP contribution in [0.25, 0.3) is 0 Å². The van der Waals surface area contributed by atoms with E-state index in [4.69, 9.17) is 10.5 Å². The Balaban J connectivity index is 2.95. The Morgan fingerprint density at radius 1 is 1.18 bits per heavy atom. The smallest absolute Gasteiger partial charge is 0.122 e. The topological polar surface area (TPSA) is 35.2 Å². The van der Waals surface area contributed by atoms with Crippen LogP contribution in [0.5, 0.6) is 5.75 Å². The van der Waals surface area contributed by atoms with E-state index in [-0.39, 0.29) is 6.10 Å². The van der Waals surface area contributed by atoms with Gasteiger partial charge in [-0.2, -0.15) is 0 Å². The monoisotopic (exact) mass is 235 g/mol. The van der Waals surface area contributed by atoms with E-state index in [1.807, 2.05) is 13.8 Å². The van der Waals surface area contributed by atoms with Crippen molar-refractivity contribution < 1.29 is 4.74 Å². The van der Waals surface area contributed by atoms with Crippen LogP contribution in [0.2, 0.25) is 0 Å². The Morgan fingerprint density at radius 2 is 1.82 bits per heavy atom. The van der Waals surface area contributed by atoms with Crippen LogP contribution in [-0.4, -0.2) is 12.6 Å². The van der Waals surface area contributed by atoms with E-state index in [1.54, 1.807) is 0 Å². The van der Waals surface area contributed by atoms with Crippen LogP contribution in [0.1, 0.15) is 44.7 Å². The third-order valence-corrected chi connectivity index (χ3v) is 3.05. The molecule has 0 amide bonds. The van der Waals surface area contributed by atoms with Gasteiger partial charge in [-0.25, -0.2) is 0 Å². The summed E-state index contributed by atoms with van der Waals surface area (Å²) in [6, 6.07) is 6.41. The fraction of sp³-hybridized carbons (Fsp3) is 0.600. The maximum absolute atomic E-state index is 5.84. The molecule has 0 heterocycles. The standard InChI is InChI=1S/C15H25NO/c1-10(2)14(9-16)13-6-7-15(12(5)8-13)17-11(3)4/h6-8,10-11,14H,9,16H2,1-5H3. The van der Waals surface area contributed by atoms with E-state index in [1.165, 1.54) is 11.1 Å². The molecule has 2 heteroatoms. The lowest BCUT2D eigenvalue weighted by Gasteiger charge is -2.21. The molecule has 17 heavy (non-hydrogen) atoms. The van der Waals surface area contributed by atoms with E-state index in [2.05, 4.69) is 39.0 Å². The van der Waals surface area contributed by atoms with Gasteiger partial charge in [-0.15, -0.1) is 0 Å². The van der Waals surface area contributed by atoms with Crippen LogP contribution in [0.3, 0.4) is 0 Å². The molecule has 1 aromatic rings. The molecule has 0 aliphatic rings. The third-order valence-electron chi connectivity index (χ3n) is 3.05. The minimum Gasteiger partial charge on any atom is -0.491 e. The van der Waals surface area contributed by atoms with Gasteiger partial charge in [0, 0.05) is 0 Å². The molecule has 0 aromatic heterocycles. The van der Waals surface area contributed by atoms with Gasteiger partial charge in [0.2, 0.25) is 0 Å². The molecule has 2 nitrogen and oxygen atoms in total. The number of benzene rings is 1.